The van der Waals surface area contributed by atoms with Gasteiger partial charge < -0.3 is 5.11 Å². The Kier molecular flexibility index (Phi) is 39.2. The predicted molar refractivity (Wildman–Crippen MR) is 201 cm³/mol. The van der Waals surface area contributed by atoms with Gasteiger partial charge in [-0.2, -0.15) is 0 Å². The third-order valence-corrected chi connectivity index (χ3v) is 4.85. The number of unbranched alkanes of at least 4 members (excludes halogenated alkanes) is 2. The van der Waals surface area contributed by atoms with E-state index in [0.29, 0.717) is 5.78 Å². The number of carbonyl (C=O) groups excluding carboxylic acids is 1. The minimum atomic E-state index is -0.132. The summed E-state index contributed by atoms with van der Waals surface area (Å²) >= 11 is 0. The predicted octanol–water partition coefficient (Wildman–Crippen LogP) is 10.7. The number of hydrogen-bond acceptors (Lipinski definition) is 2. The first-order chi connectivity index (χ1) is 22.8. The van der Waals surface area contributed by atoms with Gasteiger partial charge in [-0.1, -0.05) is 86.1 Å². The molecule has 0 amide bonds. The minimum Gasteiger partial charge on any atom is -0.393 e. The Morgan fingerprint density at radius 1 is 0.562 bits per heavy atom. The molecular weight excluding hydrogens is 603 g/mol. The van der Waals surface area contributed by atoms with Gasteiger partial charge in [-0.05, 0) is 136 Å². The molecule has 3 heteroatoms. The van der Waals surface area contributed by atoms with Gasteiger partial charge in [0.1, 0.15) is 5.78 Å². The van der Waals surface area contributed by atoms with Gasteiger partial charge in [-0.15, -0.1) is 8.58 Å². The van der Waals surface area contributed by atoms with E-state index in [9.17, 15) is 9.90 Å². The highest BCUT2D eigenvalue weighted by atomic mass is 31.1. The zero-order chi connectivity index (χ0) is 37.4. The summed E-state index contributed by atoms with van der Waals surface area (Å²) in [6.07, 6.45) is 6.02. The van der Waals surface area contributed by atoms with Gasteiger partial charge in [0.2, 0.25) is 0 Å². The highest BCUT2D eigenvalue weighted by Gasteiger charge is 2.20. The van der Waals surface area contributed by atoms with Crippen LogP contribution in [0.5, 0.6) is 0 Å². The number of ketones is 1. The Morgan fingerprint density at radius 3 is 1.00 bits per heavy atom. The van der Waals surface area contributed by atoms with E-state index in [1.165, 1.54) is 6.42 Å². The summed E-state index contributed by atoms with van der Waals surface area (Å²) in [4.78, 5) is 11.2. The van der Waals surface area contributed by atoms with Crippen LogP contribution < -0.4 is 0 Å². The zero-order valence-corrected chi connectivity index (χ0v) is 31.6. The first-order valence-electron chi connectivity index (χ1n) is 15.4. The van der Waals surface area contributed by atoms with Gasteiger partial charge in [0.25, 0.3) is 0 Å². The molecule has 1 N–H and O–H groups in total. The van der Waals surface area contributed by atoms with Crippen LogP contribution in [-0.4, -0.2) is 30.3 Å². The van der Waals surface area contributed by atoms with Crippen LogP contribution in [0.2, 0.25) is 0 Å². The lowest BCUT2D eigenvalue weighted by Crippen LogP contribution is -2.25. The number of carbonyl (C=O) groups is 1. The molecule has 0 spiro atoms. The Hall–Kier alpha value is -5.26. The number of aliphatic hydroxyl groups is 1. The molecule has 1 unspecified atom stereocenters. The van der Waals surface area contributed by atoms with E-state index in [1.54, 1.807) is 0 Å². The number of Topliss-reactive ketones (excluding diaryl/α,β-unsaturated/α-hetero) is 1. The Labute approximate surface area is 292 Å². The standard InChI is InChI=1S/C25H4.C9H20O.C9H18O.C2H7P/c1-3-5-7-9-11-13-15-17-19-21-23-25-24-22-20-18-16-14-12-10-8-6-4-2;2*1-5-6-7-8(10)9(2,3)4;1-3-2/h1-2H2;8,10H,5-7H2,1-4H3;5-7H2,1-4H3;3H,1-2H3. The summed E-state index contributed by atoms with van der Waals surface area (Å²) in [5.41, 5.74) is 56.8. The maximum absolute atomic E-state index is 11.2. The van der Waals surface area contributed by atoms with Crippen LogP contribution in [0.15, 0.2) is 145 Å². The molecule has 0 saturated carbocycles. The highest BCUT2D eigenvalue weighted by Crippen LogP contribution is 2.22. The van der Waals surface area contributed by atoms with Crippen LogP contribution in [0.3, 0.4) is 0 Å². The lowest BCUT2D eigenvalue weighted by Gasteiger charge is -2.25. The summed E-state index contributed by atoms with van der Waals surface area (Å²) in [5, 5.41) is 9.52. The maximum atomic E-state index is 11.2. The van der Waals surface area contributed by atoms with Crippen molar-refractivity contribution in [3.63, 3.8) is 0 Å². The van der Waals surface area contributed by atoms with Gasteiger partial charge in [0, 0.05) is 40.5 Å². The van der Waals surface area contributed by atoms with Crippen LogP contribution in [0.4, 0.5) is 0 Å². The second kappa shape index (κ2) is 37.9. The fourth-order valence-corrected chi connectivity index (χ4v) is 2.22. The summed E-state index contributed by atoms with van der Waals surface area (Å²) in [6.45, 7) is 27.3. The van der Waals surface area contributed by atoms with Crippen molar-refractivity contribution in [3.8, 4) is 0 Å². The van der Waals surface area contributed by atoms with Crippen LogP contribution in [0.1, 0.15) is 93.9 Å². The van der Waals surface area contributed by atoms with Crippen molar-refractivity contribution in [1.82, 2.24) is 0 Å². The number of hydrogen-bond donors (Lipinski definition) is 1. The molecule has 246 valence electrons. The molecule has 2 nitrogen and oxygen atoms in total. The smallest absolute Gasteiger partial charge is 0.138 e. The quantitative estimate of drug-likeness (QED) is 0.229. The third kappa shape index (κ3) is 47.7. The monoisotopic (exact) mass is 652 g/mol. The Balaban J connectivity index is -0.000000344. The van der Waals surface area contributed by atoms with Crippen LogP contribution in [0, 0.1) is 10.8 Å². The molecule has 0 aliphatic carbocycles. The van der Waals surface area contributed by atoms with Gasteiger partial charge in [-0.25, -0.2) is 0 Å². The molecule has 1 atom stereocenters. The lowest BCUT2D eigenvalue weighted by atomic mass is 9.86. The lowest BCUT2D eigenvalue weighted by molar-refractivity contribution is -0.126. The molecule has 0 aromatic rings. The molecule has 0 aliphatic rings. The SMILES string of the molecule is C=C=C=C=C=C=C=C=C=C=C=C=C=C=C=C=C=C=C=C=C=C=C=C=C.CCCCC(=O)C(C)(C)C.CCCCC(O)C(C)(C)C.CPC. The fraction of sp³-hybridized carbons (Fsp3) is 0.422. The van der Waals surface area contributed by atoms with E-state index in [0.717, 1.165) is 40.7 Å². The molecule has 0 aromatic heterocycles. The number of rotatable bonds is 6. The second-order valence-electron chi connectivity index (χ2n) is 11.3. The summed E-state index contributed by atoms with van der Waals surface area (Å²) in [7, 11) is 1.08. The summed E-state index contributed by atoms with van der Waals surface area (Å²) in [5.74, 6) is 0.384. The second-order valence-corrected chi connectivity index (χ2v) is 12.3. The summed E-state index contributed by atoms with van der Waals surface area (Å²) < 4.78 is 0. The third-order valence-electron chi connectivity index (χ3n) is 4.85. The molecule has 0 saturated heterocycles. The Bertz CT molecular complexity index is 1760. The summed E-state index contributed by atoms with van der Waals surface area (Å²) in [6, 6.07) is 0. The molecule has 0 fully saturated rings. The van der Waals surface area contributed by atoms with Crippen LogP contribution >= 0.6 is 8.58 Å². The minimum absolute atomic E-state index is 0.0647. The molecule has 0 rings (SSSR count). The normalized spacial score (nSPS) is 7.98. The molecule has 0 aromatic carbocycles. The van der Waals surface area contributed by atoms with E-state index in [-0.39, 0.29) is 16.9 Å². The van der Waals surface area contributed by atoms with Gasteiger partial charge in [-0.3, -0.25) is 4.79 Å². The average Bonchev–Trinajstić information content (AvgIpc) is 3.03. The fourth-order valence-electron chi connectivity index (χ4n) is 2.22. The van der Waals surface area contributed by atoms with E-state index < -0.39 is 0 Å². The van der Waals surface area contributed by atoms with Crippen molar-refractivity contribution >= 4 is 14.4 Å². The maximum Gasteiger partial charge on any atom is 0.138 e. The molecule has 0 heterocycles. The van der Waals surface area contributed by atoms with Gasteiger partial charge >= 0.3 is 0 Å². The van der Waals surface area contributed by atoms with Crippen molar-refractivity contribution in [2.24, 2.45) is 10.8 Å². The molecule has 0 aliphatic heterocycles. The van der Waals surface area contributed by atoms with Crippen LogP contribution in [0.25, 0.3) is 0 Å². The molecule has 0 radical (unpaired) electrons. The van der Waals surface area contributed by atoms with Gasteiger partial charge in [0.15, 0.2) is 0 Å². The first kappa shape index (κ1) is 49.6. The molecule has 0 bridgehead atoms. The van der Waals surface area contributed by atoms with Crippen molar-refractivity contribution in [3.05, 3.63) is 145 Å². The van der Waals surface area contributed by atoms with Crippen LogP contribution in [-0.2, 0) is 4.79 Å². The van der Waals surface area contributed by atoms with Crippen molar-refractivity contribution in [2.75, 3.05) is 13.3 Å². The molecule has 48 heavy (non-hydrogen) atoms. The highest BCUT2D eigenvalue weighted by molar-refractivity contribution is 7.35. The Morgan fingerprint density at radius 2 is 0.812 bits per heavy atom. The molecular formula is C45H49O2P. The van der Waals surface area contributed by atoms with Gasteiger partial charge in [0.05, 0.1) is 6.10 Å². The zero-order valence-electron chi connectivity index (χ0n) is 30.6. The average molecular weight is 653 g/mol. The van der Waals surface area contributed by atoms with E-state index >= 15 is 0 Å². The van der Waals surface area contributed by atoms with E-state index in [1.807, 2.05) is 20.8 Å². The van der Waals surface area contributed by atoms with Crippen molar-refractivity contribution in [2.45, 2.75) is 100 Å². The van der Waals surface area contributed by atoms with E-state index in [4.69, 9.17) is 0 Å². The van der Waals surface area contributed by atoms with E-state index in [2.05, 4.69) is 193 Å². The first-order valence-corrected chi connectivity index (χ1v) is 17.4. The van der Waals surface area contributed by atoms with Crippen molar-refractivity contribution in [1.29, 1.82) is 0 Å². The number of aliphatic hydroxyl groups excluding tert-OH is 1. The van der Waals surface area contributed by atoms with Crippen molar-refractivity contribution < 1.29 is 9.90 Å². The largest absolute Gasteiger partial charge is 0.393 e. The topological polar surface area (TPSA) is 37.3 Å².